The minimum atomic E-state index is -0.133. The summed E-state index contributed by atoms with van der Waals surface area (Å²) < 4.78 is 1.83. The number of aryl methyl sites for hydroxylation is 2. The Balaban J connectivity index is 1.56. The van der Waals surface area contributed by atoms with Crippen LogP contribution in [0.3, 0.4) is 0 Å². The van der Waals surface area contributed by atoms with Crippen LogP contribution in [0.25, 0.3) is 11.3 Å². The van der Waals surface area contributed by atoms with Crippen molar-refractivity contribution in [3.63, 3.8) is 0 Å². The summed E-state index contributed by atoms with van der Waals surface area (Å²) in [5, 5.41) is 6.27. The van der Waals surface area contributed by atoms with Crippen LogP contribution in [0.4, 0.5) is 0 Å². The average molecular weight is 409 g/mol. The van der Waals surface area contributed by atoms with Gasteiger partial charge in [-0.05, 0) is 39.0 Å². The van der Waals surface area contributed by atoms with Crippen LogP contribution in [0.15, 0.2) is 47.2 Å². The van der Waals surface area contributed by atoms with Gasteiger partial charge in [-0.25, -0.2) is 9.97 Å². The number of benzene rings is 1. The summed E-state index contributed by atoms with van der Waals surface area (Å²) in [6.45, 7) is 5.99. The molecular weight excluding hydrogens is 388 g/mol. The maximum Gasteiger partial charge on any atom is 0.270 e. The largest absolute Gasteiger partial charge is 0.270 e. The second-order valence-electron chi connectivity index (χ2n) is 6.59. The van der Waals surface area contributed by atoms with Crippen molar-refractivity contribution in [2.45, 2.75) is 27.2 Å². The second-order valence-corrected chi connectivity index (χ2v) is 8.59. The van der Waals surface area contributed by atoms with Gasteiger partial charge in [-0.3, -0.25) is 14.9 Å². The molecule has 28 heavy (non-hydrogen) atoms. The maximum absolute atomic E-state index is 12.5. The summed E-state index contributed by atoms with van der Waals surface area (Å²) in [6.07, 6.45) is 0.749. The van der Waals surface area contributed by atoms with Gasteiger partial charge in [-0.15, -0.1) is 22.7 Å². The summed E-state index contributed by atoms with van der Waals surface area (Å²) in [7, 11) is 0. The Labute approximate surface area is 171 Å². The van der Waals surface area contributed by atoms with Gasteiger partial charge in [0.25, 0.3) is 5.91 Å². The van der Waals surface area contributed by atoms with Gasteiger partial charge in [-0.1, -0.05) is 18.2 Å². The highest BCUT2D eigenvalue weighted by Crippen LogP contribution is 2.28. The van der Waals surface area contributed by atoms with Crippen molar-refractivity contribution in [1.82, 2.24) is 14.6 Å². The van der Waals surface area contributed by atoms with E-state index in [9.17, 15) is 4.79 Å². The molecule has 4 rings (SSSR count). The lowest BCUT2D eigenvalue weighted by atomic mass is 10.2. The zero-order valence-electron chi connectivity index (χ0n) is 15.9. The molecule has 0 bridgehead atoms. The van der Waals surface area contributed by atoms with Crippen molar-refractivity contribution in [3.8, 4) is 11.3 Å². The van der Waals surface area contributed by atoms with Crippen LogP contribution in [-0.4, -0.2) is 20.6 Å². The van der Waals surface area contributed by atoms with Gasteiger partial charge < -0.3 is 0 Å². The van der Waals surface area contributed by atoms with E-state index in [-0.39, 0.29) is 5.91 Å². The van der Waals surface area contributed by atoms with Crippen LogP contribution >= 0.6 is 22.7 Å². The Bertz CT molecular complexity index is 1120. The van der Waals surface area contributed by atoms with Crippen molar-refractivity contribution < 1.29 is 4.79 Å². The van der Waals surface area contributed by atoms with Gasteiger partial charge in [0, 0.05) is 39.7 Å². The molecule has 0 aliphatic heterocycles. The molecule has 0 saturated heterocycles. The van der Waals surface area contributed by atoms with Crippen LogP contribution in [0.5, 0.6) is 0 Å². The van der Waals surface area contributed by atoms with Crippen LogP contribution < -0.4 is 5.43 Å². The fraction of sp³-hybridized carbons (Fsp3) is 0.190. The molecule has 0 spiro atoms. The fourth-order valence-electron chi connectivity index (χ4n) is 3.11. The number of nitrogens with one attached hydrogen (secondary N) is 1. The number of carbonyl (C=O) groups is 1. The average Bonchev–Trinajstić information content (AvgIpc) is 3.39. The number of hydrogen-bond donors (Lipinski definition) is 1. The number of rotatable bonds is 5. The molecule has 0 unspecified atom stereocenters. The van der Waals surface area contributed by atoms with E-state index in [1.165, 1.54) is 0 Å². The molecule has 1 amide bonds. The molecular formula is C21H20N4OS2. The first-order chi connectivity index (χ1) is 13.5. The minimum Gasteiger partial charge on any atom is -0.267 e. The van der Waals surface area contributed by atoms with Crippen molar-refractivity contribution in [2.24, 2.45) is 0 Å². The SMILES string of the molecule is Cc1nc(Cc2nc(-c3cc(C)n(NC(=O)c4ccccc4)c3C)cs2)cs1. The van der Waals surface area contributed by atoms with Crippen LogP contribution in [-0.2, 0) is 6.42 Å². The Hall–Kier alpha value is -2.77. The zero-order chi connectivity index (χ0) is 19.7. The topological polar surface area (TPSA) is 59.8 Å². The van der Waals surface area contributed by atoms with E-state index >= 15 is 0 Å². The standard InChI is InChI=1S/C21H20N4OS2/c1-13-9-18(14(2)25(13)24-21(26)16-7-5-4-6-8-16)19-12-28-20(23-19)10-17-11-27-15(3)22-17/h4-9,11-12H,10H2,1-3H3,(H,24,26). The molecule has 4 aromatic rings. The Morgan fingerprint density at radius 2 is 1.86 bits per heavy atom. The van der Waals surface area contributed by atoms with Gasteiger partial charge >= 0.3 is 0 Å². The van der Waals surface area contributed by atoms with Gasteiger partial charge in [0.15, 0.2) is 0 Å². The highest BCUT2D eigenvalue weighted by Gasteiger charge is 2.16. The summed E-state index contributed by atoms with van der Waals surface area (Å²) in [5.41, 5.74) is 8.55. The minimum absolute atomic E-state index is 0.133. The number of amides is 1. The predicted molar refractivity (Wildman–Crippen MR) is 115 cm³/mol. The number of carbonyl (C=O) groups excluding carboxylic acids is 1. The normalized spacial score (nSPS) is 11.0. The maximum atomic E-state index is 12.5. The van der Waals surface area contributed by atoms with Crippen molar-refractivity contribution >= 4 is 28.6 Å². The molecule has 3 aromatic heterocycles. The Kier molecular flexibility index (Phi) is 5.11. The molecule has 0 fully saturated rings. The van der Waals surface area contributed by atoms with Crippen LogP contribution in [0.1, 0.15) is 37.5 Å². The highest BCUT2D eigenvalue weighted by atomic mass is 32.1. The summed E-state index contributed by atoms with van der Waals surface area (Å²) >= 11 is 3.30. The van der Waals surface area contributed by atoms with Gasteiger partial charge in [-0.2, -0.15) is 0 Å². The number of aromatic nitrogens is 3. The van der Waals surface area contributed by atoms with Crippen molar-refractivity contribution in [3.05, 3.63) is 79.8 Å². The van der Waals surface area contributed by atoms with E-state index in [1.807, 2.05) is 43.6 Å². The number of nitrogens with zero attached hydrogens (tertiary/aromatic N) is 3. The summed E-state index contributed by atoms with van der Waals surface area (Å²) in [5.74, 6) is -0.133. The summed E-state index contributed by atoms with van der Waals surface area (Å²) in [4.78, 5) is 21.8. The zero-order valence-corrected chi connectivity index (χ0v) is 17.5. The molecule has 3 heterocycles. The monoisotopic (exact) mass is 408 g/mol. The molecule has 0 aliphatic rings. The van der Waals surface area contributed by atoms with E-state index < -0.39 is 0 Å². The third-order valence-corrected chi connectivity index (χ3v) is 6.18. The molecule has 5 nitrogen and oxygen atoms in total. The first-order valence-corrected chi connectivity index (χ1v) is 10.7. The van der Waals surface area contributed by atoms with Crippen molar-refractivity contribution in [1.29, 1.82) is 0 Å². The first kappa shape index (κ1) is 18.6. The quantitative estimate of drug-likeness (QED) is 0.507. The lowest BCUT2D eigenvalue weighted by Crippen LogP contribution is -2.24. The Morgan fingerprint density at radius 3 is 2.57 bits per heavy atom. The van der Waals surface area contributed by atoms with Crippen molar-refractivity contribution in [2.75, 3.05) is 5.43 Å². The molecule has 0 atom stereocenters. The van der Waals surface area contributed by atoms with Gasteiger partial charge in [0.05, 0.1) is 21.4 Å². The third-order valence-electron chi connectivity index (χ3n) is 4.51. The van der Waals surface area contributed by atoms with Gasteiger partial charge in [0.1, 0.15) is 0 Å². The van der Waals surface area contributed by atoms with Crippen LogP contribution in [0, 0.1) is 20.8 Å². The van der Waals surface area contributed by atoms with Gasteiger partial charge in [0.2, 0.25) is 0 Å². The molecule has 1 aromatic carbocycles. The molecule has 7 heteroatoms. The van der Waals surface area contributed by atoms with E-state index in [4.69, 9.17) is 4.98 Å². The molecule has 0 aliphatic carbocycles. The second kappa shape index (κ2) is 7.69. The number of thiazole rings is 2. The predicted octanol–water partition coefficient (Wildman–Crippen LogP) is 4.97. The van der Waals surface area contributed by atoms with E-state index in [2.05, 4.69) is 27.2 Å². The molecule has 1 N–H and O–H groups in total. The molecule has 0 saturated carbocycles. The lowest BCUT2D eigenvalue weighted by molar-refractivity contribution is 0.101. The molecule has 142 valence electrons. The Morgan fingerprint density at radius 1 is 1.07 bits per heavy atom. The van der Waals surface area contributed by atoms with Crippen LogP contribution in [0.2, 0.25) is 0 Å². The number of hydrogen-bond acceptors (Lipinski definition) is 5. The summed E-state index contributed by atoms with van der Waals surface area (Å²) in [6, 6.07) is 11.3. The molecule has 0 radical (unpaired) electrons. The third kappa shape index (κ3) is 3.76. The fourth-order valence-corrected chi connectivity index (χ4v) is 4.53. The smallest absolute Gasteiger partial charge is 0.267 e. The highest BCUT2D eigenvalue weighted by molar-refractivity contribution is 7.10. The lowest BCUT2D eigenvalue weighted by Gasteiger charge is -2.11. The van der Waals surface area contributed by atoms with E-state index in [0.29, 0.717) is 5.56 Å². The first-order valence-electron chi connectivity index (χ1n) is 8.92. The van der Waals surface area contributed by atoms with E-state index in [0.717, 1.165) is 44.8 Å². The van der Waals surface area contributed by atoms with E-state index in [1.54, 1.807) is 34.8 Å².